The molecule has 0 saturated carbocycles. The molecule has 0 spiro atoms. The SMILES string of the molecule is CNC(=O)[C@H](Cc1ccccc1)NC(=O)c1ccc(C)cc1.[HH].[HH]. The van der Waals surface area contributed by atoms with Crippen molar-refractivity contribution in [3.05, 3.63) is 71.3 Å². The number of hydrogen-bond acceptors (Lipinski definition) is 2. The number of rotatable bonds is 5. The summed E-state index contributed by atoms with van der Waals surface area (Å²) in [5, 5.41) is 5.40. The van der Waals surface area contributed by atoms with Gasteiger partial charge < -0.3 is 10.6 Å². The summed E-state index contributed by atoms with van der Waals surface area (Å²) >= 11 is 0. The number of benzene rings is 2. The van der Waals surface area contributed by atoms with Gasteiger partial charge in [-0.25, -0.2) is 0 Å². The van der Waals surface area contributed by atoms with Crippen LogP contribution in [-0.2, 0) is 11.2 Å². The minimum Gasteiger partial charge on any atom is -0.357 e. The molecule has 4 nitrogen and oxygen atoms in total. The molecule has 0 unspecified atom stereocenters. The lowest BCUT2D eigenvalue weighted by molar-refractivity contribution is -0.122. The predicted molar refractivity (Wildman–Crippen MR) is 90.9 cm³/mol. The van der Waals surface area contributed by atoms with Crippen molar-refractivity contribution in [3.63, 3.8) is 0 Å². The molecule has 0 heterocycles. The summed E-state index contributed by atoms with van der Waals surface area (Å²) < 4.78 is 0. The van der Waals surface area contributed by atoms with Crippen molar-refractivity contribution in [2.24, 2.45) is 0 Å². The molecule has 2 aromatic carbocycles. The van der Waals surface area contributed by atoms with E-state index in [2.05, 4.69) is 10.6 Å². The number of hydrogen-bond donors (Lipinski definition) is 2. The molecule has 0 radical (unpaired) electrons. The molecule has 0 aliphatic heterocycles. The van der Waals surface area contributed by atoms with Crippen LogP contribution in [-0.4, -0.2) is 24.9 Å². The summed E-state index contributed by atoms with van der Waals surface area (Å²) in [6.45, 7) is 1.96. The minimum atomic E-state index is -0.596. The van der Waals surface area contributed by atoms with Gasteiger partial charge in [0.15, 0.2) is 0 Å². The number of aryl methyl sites for hydroxylation is 1. The van der Waals surface area contributed by atoms with Gasteiger partial charge in [0.25, 0.3) is 5.91 Å². The van der Waals surface area contributed by atoms with Gasteiger partial charge >= 0.3 is 0 Å². The molecule has 0 saturated heterocycles. The molecule has 0 aliphatic carbocycles. The average molecular weight is 300 g/mol. The number of carbonyl (C=O) groups is 2. The van der Waals surface area contributed by atoms with Crippen molar-refractivity contribution >= 4 is 11.8 Å². The van der Waals surface area contributed by atoms with E-state index < -0.39 is 6.04 Å². The number of nitrogens with one attached hydrogen (secondary N) is 2. The first-order valence-electron chi connectivity index (χ1n) is 7.23. The third-order valence-electron chi connectivity index (χ3n) is 3.46. The molecule has 118 valence electrons. The molecule has 1 atom stereocenters. The first-order valence-corrected chi connectivity index (χ1v) is 7.23. The van der Waals surface area contributed by atoms with Crippen molar-refractivity contribution < 1.29 is 12.4 Å². The van der Waals surface area contributed by atoms with Gasteiger partial charge in [0.05, 0.1) is 0 Å². The van der Waals surface area contributed by atoms with Crippen molar-refractivity contribution in [3.8, 4) is 0 Å². The molecule has 0 aromatic heterocycles. The zero-order valence-electron chi connectivity index (χ0n) is 12.8. The highest BCUT2D eigenvalue weighted by Gasteiger charge is 2.20. The van der Waals surface area contributed by atoms with E-state index in [0.717, 1.165) is 11.1 Å². The minimum absolute atomic E-state index is 0. The van der Waals surface area contributed by atoms with Crippen LogP contribution in [0.2, 0.25) is 0 Å². The van der Waals surface area contributed by atoms with E-state index in [-0.39, 0.29) is 14.7 Å². The third kappa shape index (κ3) is 4.19. The van der Waals surface area contributed by atoms with Crippen molar-refractivity contribution in [2.75, 3.05) is 7.05 Å². The van der Waals surface area contributed by atoms with Gasteiger partial charge in [-0.1, -0.05) is 48.0 Å². The fraction of sp³-hybridized carbons (Fsp3) is 0.222. The summed E-state index contributed by atoms with van der Waals surface area (Å²) in [4.78, 5) is 24.3. The van der Waals surface area contributed by atoms with E-state index in [0.29, 0.717) is 12.0 Å². The van der Waals surface area contributed by atoms with E-state index in [1.807, 2.05) is 49.4 Å². The number of amides is 2. The summed E-state index contributed by atoms with van der Waals surface area (Å²) in [7, 11) is 1.57. The molecule has 2 rings (SSSR count). The first kappa shape index (κ1) is 15.8. The van der Waals surface area contributed by atoms with Gasteiger partial charge in [0, 0.05) is 21.9 Å². The van der Waals surface area contributed by atoms with Crippen LogP contribution in [0, 0.1) is 6.92 Å². The molecule has 2 N–H and O–H groups in total. The van der Waals surface area contributed by atoms with Gasteiger partial charge in [0.2, 0.25) is 5.91 Å². The second-order valence-corrected chi connectivity index (χ2v) is 5.20. The lowest BCUT2D eigenvalue weighted by Gasteiger charge is -2.17. The Morgan fingerprint density at radius 1 is 1.05 bits per heavy atom. The average Bonchev–Trinajstić information content (AvgIpc) is 2.55. The second-order valence-electron chi connectivity index (χ2n) is 5.20. The maximum absolute atomic E-state index is 12.3. The molecular formula is C18H24N2O2. The summed E-state index contributed by atoms with van der Waals surface area (Å²) in [6, 6.07) is 16.3. The fourth-order valence-electron chi connectivity index (χ4n) is 2.18. The number of likely N-dealkylation sites (N-methyl/N-ethyl adjacent to an activating group) is 1. The Bertz CT molecular complexity index is 646. The monoisotopic (exact) mass is 300 g/mol. The van der Waals surface area contributed by atoms with E-state index >= 15 is 0 Å². The summed E-state index contributed by atoms with van der Waals surface area (Å²) in [5.74, 6) is -0.450. The standard InChI is InChI=1S/C18H20N2O2.2H2/c1-13-8-10-15(11-9-13)17(21)20-16(18(22)19-2)12-14-6-4-3-5-7-14;;/h3-11,16H,12H2,1-2H3,(H,19,22)(H,20,21);2*1H/t16-;;/m0../s1. The molecule has 4 heteroatoms. The Kier molecular flexibility index (Phi) is 5.31. The highest BCUT2D eigenvalue weighted by atomic mass is 16.2. The smallest absolute Gasteiger partial charge is 0.251 e. The van der Waals surface area contributed by atoms with E-state index in [1.165, 1.54) is 0 Å². The van der Waals surface area contributed by atoms with Gasteiger partial charge in [-0.3, -0.25) is 9.59 Å². The highest BCUT2D eigenvalue weighted by Crippen LogP contribution is 2.07. The van der Waals surface area contributed by atoms with Gasteiger partial charge in [-0.2, -0.15) is 0 Å². The lowest BCUT2D eigenvalue weighted by Crippen LogP contribution is -2.47. The van der Waals surface area contributed by atoms with E-state index in [9.17, 15) is 9.59 Å². The van der Waals surface area contributed by atoms with E-state index in [4.69, 9.17) is 0 Å². The maximum Gasteiger partial charge on any atom is 0.251 e. The van der Waals surface area contributed by atoms with Crippen molar-refractivity contribution in [1.29, 1.82) is 0 Å². The molecular weight excluding hydrogens is 276 g/mol. The van der Waals surface area contributed by atoms with Crippen molar-refractivity contribution in [1.82, 2.24) is 10.6 Å². The van der Waals surface area contributed by atoms with E-state index in [1.54, 1.807) is 19.2 Å². The summed E-state index contributed by atoms with van der Waals surface area (Å²) in [5.41, 5.74) is 2.64. The first-order chi connectivity index (χ1) is 10.6. The zero-order valence-corrected chi connectivity index (χ0v) is 12.8. The topological polar surface area (TPSA) is 58.2 Å². The second kappa shape index (κ2) is 7.41. The Morgan fingerprint density at radius 2 is 1.68 bits per heavy atom. The van der Waals surface area contributed by atoms with Crippen LogP contribution in [0.15, 0.2) is 54.6 Å². The van der Waals surface area contributed by atoms with Crippen LogP contribution in [0.5, 0.6) is 0 Å². The molecule has 2 amide bonds. The molecule has 0 bridgehead atoms. The fourth-order valence-corrected chi connectivity index (χ4v) is 2.18. The summed E-state index contributed by atoms with van der Waals surface area (Å²) in [6.07, 6.45) is 0.456. The van der Waals surface area contributed by atoms with Gasteiger partial charge in [-0.05, 0) is 24.6 Å². The van der Waals surface area contributed by atoms with Crippen LogP contribution >= 0.6 is 0 Å². The third-order valence-corrected chi connectivity index (χ3v) is 3.46. The Balaban J connectivity index is 0.00000264. The molecule has 0 aliphatic rings. The molecule has 22 heavy (non-hydrogen) atoms. The Hall–Kier alpha value is -2.62. The lowest BCUT2D eigenvalue weighted by atomic mass is 10.0. The van der Waals surface area contributed by atoms with Crippen LogP contribution in [0.3, 0.4) is 0 Å². The Labute approximate surface area is 133 Å². The van der Waals surface area contributed by atoms with Crippen LogP contribution in [0.25, 0.3) is 0 Å². The molecule has 2 aromatic rings. The number of carbonyl (C=O) groups excluding carboxylic acids is 2. The predicted octanol–water partition coefficient (Wildman–Crippen LogP) is 2.57. The zero-order chi connectivity index (χ0) is 15.9. The quantitative estimate of drug-likeness (QED) is 0.891. The van der Waals surface area contributed by atoms with Crippen molar-refractivity contribution in [2.45, 2.75) is 19.4 Å². The van der Waals surface area contributed by atoms with Crippen LogP contribution in [0.4, 0.5) is 0 Å². The maximum atomic E-state index is 12.3. The Morgan fingerprint density at radius 3 is 2.27 bits per heavy atom. The van der Waals surface area contributed by atoms with Gasteiger partial charge in [0.1, 0.15) is 6.04 Å². The van der Waals surface area contributed by atoms with Gasteiger partial charge in [-0.15, -0.1) is 0 Å². The highest BCUT2D eigenvalue weighted by molar-refractivity contribution is 5.97. The largest absolute Gasteiger partial charge is 0.357 e. The van der Waals surface area contributed by atoms with Crippen LogP contribution < -0.4 is 10.6 Å². The normalized spacial score (nSPS) is 11.5. The molecule has 0 fully saturated rings. The van der Waals surface area contributed by atoms with Crippen LogP contribution in [0.1, 0.15) is 24.3 Å².